The number of nitrogens with zero attached hydrogens (tertiary/aromatic N) is 1. The second kappa shape index (κ2) is 10.1. The second-order valence-corrected chi connectivity index (χ2v) is 5.96. The number of hydrogen-bond donors (Lipinski definition) is 1. The van der Waals surface area contributed by atoms with E-state index in [1.54, 1.807) is 0 Å². The first-order valence-electron chi connectivity index (χ1n) is 7.11. The van der Waals surface area contributed by atoms with E-state index in [0.717, 1.165) is 0 Å². The Hall–Kier alpha value is -1.78. The lowest BCUT2D eigenvalue weighted by molar-refractivity contribution is -0.158. The molecule has 0 aliphatic carbocycles. The Morgan fingerprint density at radius 1 is 1.22 bits per heavy atom. The molecule has 126 valence electrons. The van der Waals surface area contributed by atoms with Crippen LogP contribution in [0.3, 0.4) is 0 Å². The van der Waals surface area contributed by atoms with Gasteiger partial charge in [-0.25, -0.2) is 4.79 Å². The van der Waals surface area contributed by atoms with E-state index < -0.39 is 11.9 Å². The van der Waals surface area contributed by atoms with Crippen LogP contribution >= 0.6 is 22.6 Å². The molecule has 0 aromatic carbocycles. The summed E-state index contributed by atoms with van der Waals surface area (Å²) in [5.74, 6) is -1.70. The molecular formula is C14H17IN2O6. The van der Waals surface area contributed by atoms with Crippen molar-refractivity contribution in [3.63, 3.8) is 0 Å². The van der Waals surface area contributed by atoms with Gasteiger partial charge in [-0.3, -0.25) is 19.3 Å². The van der Waals surface area contributed by atoms with Crippen molar-refractivity contribution in [2.45, 2.75) is 38.5 Å². The van der Waals surface area contributed by atoms with Crippen LogP contribution in [0.4, 0.5) is 0 Å². The fraction of sp³-hybridized carbons (Fsp3) is 0.500. The van der Waals surface area contributed by atoms with Crippen LogP contribution in [0, 0.1) is 0 Å². The maximum atomic E-state index is 11.6. The number of carbonyl (C=O) groups excluding carboxylic acids is 5. The Kier molecular flexibility index (Phi) is 8.45. The van der Waals surface area contributed by atoms with Gasteiger partial charge in [-0.1, -0.05) is 6.42 Å². The third-order valence-electron chi connectivity index (χ3n) is 3.00. The lowest BCUT2D eigenvalue weighted by Crippen LogP contribution is -2.31. The molecule has 1 rings (SSSR count). The van der Waals surface area contributed by atoms with Gasteiger partial charge in [0.2, 0.25) is 0 Å². The van der Waals surface area contributed by atoms with Crippen molar-refractivity contribution in [1.82, 2.24) is 10.4 Å². The van der Waals surface area contributed by atoms with E-state index in [4.69, 9.17) is 0 Å². The van der Waals surface area contributed by atoms with Gasteiger partial charge in [-0.15, -0.1) is 0 Å². The lowest BCUT2D eigenvalue weighted by Gasteiger charge is -2.13. The van der Waals surface area contributed by atoms with Crippen LogP contribution in [0.1, 0.15) is 38.5 Å². The molecule has 0 unspecified atom stereocenters. The van der Waals surface area contributed by atoms with Crippen molar-refractivity contribution in [1.29, 1.82) is 0 Å². The summed E-state index contributed by atoms with van der Waals surface area (Å²) in [5.41, 5.74) is 1.97. The maximum absolute atomic E-state index is 11.6. The number of unbranched alkanes of at least 4 members (excludes halogenated alkanes) is 2. The van der Waals surface area contributed by atoms with Gasteiger partial charge in [-0.05, 0) is 35.4 Å². The highest BCUT2D eigenvalue weighted by Gasteiger charge is 2.28. The normalized spacial score (nSPS) is 13.8. The molecule has 0 aromatic rings. The van der Waals surface area contributed by atoms with E-state index in [1.807, 2.05) is 28.1 Å². The summed E-state index contributed by atoms with van der Waals surface area (Å²) in [6.45, 7) is 0.318. The largest absolute Gasteiger partial charge is 0.341 e. The molecule has 1 aliphatic heterocycles. The van der Waals surface area contributed by atoms with Crippen molar-refractivity contribution in [2.75, 3.05) is 6.54 Å². The maximum Gasteiger partial charge on any atom is 0.332 e. The molecule has 0 aromatic heterocycles. The van der Waals surface area contributed by atoms with Crippen molar-refractivity contribution in [2.24, 2.45) is 0 Å². The predicted molar refractivity (Wildman–Crippen MR) is 86.8 cm³/mol. The summed E-state index contributed by atoms with van der Waals surface area (Å²) in [6, 6.07) is 0. The molecule has 0 saturated carbocycles. The van der Waals surface area contributed by atoms with Crippen LogP contribution in [0.15, 0.2) is 9.66 Å². The van der Waals surface area contributed by atoms with Crippen LogP contribution in [0.2, 0.25) is 0 Å². The smallest absolute Gasteiger partial charge is 0.332 e. The Morgan fingerprint density at radius 3 is 2.57 bits per heavy atom. The summed E-state index contributed by atoms with van der Waals surface area (Å²) in [6.07, 6.45) is 3.82. The number of imide groups is 1. The van der Waals surface area contributed by atoms with Crippen LogP contribution in [0.25, 0.3) is 0 Å². The summed E-state index contributed by atoms with van der Waals surface area (Å²) in [4.78, 5) is 61.3. The van der Waals surface area contributed by atoms with E-state index in [2.05, 4.69) is 4.84 Å². The van der Waals surface area contributed by atoms with E-state index in [-0.39, 0.29) is 31.1 Å². The second-order valence-electron chi connectivity index (χ2n) is 4.80. The molecule has 0 saturated heterocycles. The zero-order chi connectivity index (χ0) is 17.2. The van der Waals surface area contributed by atoms with Gasteiger partial charge in [-0.2, -0.15) is 5.48 Å². The predicted octanol–water partition coefficient (Wildman–Crippen LogP) is 0.788. The highest BCUT2D eigenvalue weighted by Crippen LogP contribution is 2.19. The van der Waals surface area contributed by atoms with Gasteiger partial charge in [0.15, 0.2) is 0 Å². The number of rotatable bonds is 9. The zero-order valence-corrected chi connectivity index (χ0v) is 14.5. The highest BCUT2D eigenvalue weighted by molar-refractivity contribution is 14.1. The summed E-state index contributed by atoms with van der Waals surface area (Å²) >= 11 is 1.82. The van der Waals surface area contributed by atoms with Gasteiger partial charge >= 0.3 is 5.97 Å². The molecule has 0 atom stereocenters. The number of amides is 3. The molecule has 1 N–H and O–H groups in total. The van der Waals surface area contributed by atoms with Crippen LogP contribution in [0.5, 0.6) is 0 Å². The fourth-order valence-corrected chi connectivity index (χ4v) is 2.37. The Labute approximate surface area is 146 Å². The molecule has 0 bridgehead atoms. The molecule has 0 radical (unpaired) electrons. The number of nitrogens with one attached hydrogen (secondary N) is 1. The van der Waals surface area contributed by atoms with E-state index in [9.17, 15) is 24.0 Å². The van der Waals surface area contributed by atoms with Gasteiger partial charge in [0.25, 0.3) is 17.7 Å². The van der Waals surface area contributed by atoms with Gasteiger partial charge < -0.3 is 9.63 Å². The Balaban J connectivity index is 2.08. The number of aldehydes is 1. The minimum atomic E-state index is -0.575. The van der Waals surface area contributed by atoms with Gasteiger partial charge in [0.1, 0.15) is 6.29 Å². The third kappa shape index (κ3) is 6.89. The van der Waals surface area contributed by atoms with Crippen LogP contribution < -0.4 is 5.48 Å². The molecule has 0 spiro atoms. The van der Waals surface area contributed by atoms with Crippen LogP contribution in [-0.2, 0) is 28.8 Å². The average Bonchev–Trinajstić information content (AvgIpc) is 2.76. The first-order valence-corrected chi connectivity index (χ1v) is 8.18. The minimum absolute atomic E-state index is 0.0263. The van der Waals surface area contributed by atoms with E-state index >= 15 is 0 Å². The standard InChI is InChI=1S/C14H17IN2O6/c15-10-9-12(20)17(14(10)22)7-3-1-2-6-13(21)23-16-11(19)5-4-8-18/h8-9H,1-7H2,(H,16,19). The number of hydrogen-bond acceptors (Lipinski definition) is 6. The minimum Gasteiger partial charge on any atom is -0.341 e. The molecule has 3 amide bonds. The number of halogens is 1. The van der Waals surface area contributed by atoms with Crippen molar-refractivity contribution in [3.05, 3.63) is 9.66 Å². The third-order valence-corrected chi connectivity index (χ3v) is 3.77. The van der Waals surface area contributed by atoms with Crippen molar-refractivity contribution < 1.29 is 28.8 Å². The van der Waals surface area contributed by atoms with E-state index in [0.29, 0.717) is 35.7 Å². The first-order chi connectivity index (χ1) is 11.0. The number of carbonyl (C=O) groups is 5. The molecule has 1 aliphatic rings. The van der Waals surface area contributed by atoms with Crippen LogP contribution in [-0.4, -0.2) is 41.4 Å². The highest BCUT2D eigenvalue weighted by atomic mass is 127. The molecule has 9 heteroatoms. The number of hydroxylamine groups is 1. The SMILES string of the molecule is O=CCCC(=O)NOC(=O)CCCCCN1C(=O)C=C(I)C1=O. The van der Waals surface area contributed by atoms with Crippen molar-refractivity contribution in [3.8, 4) is 0 Å². The molecule has 23 heavy (non-hydrogen) atoms. The molecular weight excluding hydrogens is 419 g/mol. The Bertz CT molecular complexity index is 531. The summed E-state index contributed by atoms with van der Waals surface area (Å²) < 4.78 is 0.404. The zero-order valence-electron chi connectivity index (χ0n) is 12.4. The van der Waals surface area contributed by atoms with Gasteiger partial charge in [0, 0.05) is 31.9 Å². The van der Waals surface area contributed by atoms with Gasteiger partial charge in [0.05, 0.1) is 3.58 Å². The monoisotopic (exact) mass is 436 g/mol. The lowest BCUT2D eigenvalue weighted by atomic mass is 10.2. The fourth-order valence-electron chi connectivity index (χ4n) is 1.81. The van der Waals surface area contributed by atoms with E-state index in [1.165, 1.54) is 11.0 Å². The molecule has 8 nitrogen and oxygen atoms in total. The van der Waals surface area contributed by atoms with Crippen molar-refractivity contribution >= 4 is 52.6 Å². The Morgan fingerprint density at radius 2 is 1.96 bits per heavy atom. The summed E-state index contributed by atoms with van der Waals surface area (Å²) in [7, 11) is 0. The summed E-state index contributed by atoms with van der Waals surface area (Å²) in [5, 5.41) is 0. The molecule has 1 heterocycles. The average molecular weight is 436 g/mol. The topological polar surface area (TPSA) is 110 Å². The first kappa shape index (κ1) is 19.3. The molecule has 0 fully saturated rings. The quantitative estimate of drug-likeness (QED) is 0.188.